The molecule has 204 valence electrons. The number of ketones is 1. The van der Waals surface area contributed by atoms with E-state index in [0.29, 0.717) is 34.8 Å². The Kier molecular flexibility index (Phi) is 7.94. The van der Waals surface area contributed by atoms with Crippen LogP contribution in [0.2, 0.25) is 5.02 Å². The van der Waals surface area contributed by atoms with Gasteiger partial charge in [-0.05, 0) is 90.9 Å². The number of anilines is 1. The van der Waals surface area contributed by atoms with Crippen molar-refractivity contribution in [3.05, 3.63) is 115 Å². The lowest BCUT2D eigenvalue weighted by Crippen LogP contribution is -2.42. The van der Waals surface area contributed by atoms with Gasteiger partial charge in [0.2, 0.25) is 0 Å². The first-order valence-electron chi connectivity index (χ1n) is 13.2. The SMILES string of the molecule is Cc1cc(CSc2ccc(Cl)cc2)c(C)c(C2C(C#N)=C(N)N(c3ccc(Br)cc3)C3=C2C(=O)CC(C)(C)C3)c1. The third kappa shape index (κ3) is 5.48. The Labute approximate surface area is 254 Å². The first-order chi connectivity index (χ1) is 19.0. The molecule has 1 aliphatic heterocycles. The molecule has 1 atom stereocenters. The van der Waals surface area contributed by atoms with Gasteiger partial charge in [0, 0.05) is 43.5 Å². The maximum Gasteiger partial charge on any atom is 0.162 e. The highest BCUT2D eigenvalue weighted by Gasteiger charge is 2.45. The minimum Gasteiger partial charge on any atom is -0.384 e. The summed E-state index contributed by atoms with van der Waals surface area (Å²) >= 11 is 11.3. The minimum atomic E-state index is -0.505. The Morgan fingerprint density at radius 2 is 1.77 bits per heavy atom. The van der Waals surface area contributed by atoms with Crippen molar-refractivity contribution in [1.29, 1.82) is 5.26 Å². The number of nitrogens with zero attached hydrogens (tertiary/aromatic N) is 2. The van der Waals surface area contributed by atoms with E-state index in [-0.39, 0.29) is 11.2 Å². The number of hydrogen-bond acceptors (Lipinski definition) is 5. The second kappa shape index (κ2) is 11.1. The van der Waals surface area contributed by atoms with E-state index in [1.807, 2.05) is 53.4 Å². The molecule has 3 aromatic carbocycles. The zero-order chi connectivity index (χ0) is 28.8. The summed E-state index contributed by atoms with van der Waals surface area (Å²) in [5.41, 5.74) is 13.8. The number of nitriles is 1. The van der Waals surface area contributed by atoms with Gasteiger partial charge in [-0.15, -0.1) is 11.8 Å². The van der Waals surface area contributed by atoms with Crippen LogP contribution in [0, 0.1) is 30.6 Å². The van der Waals surface area contributed by atoms with E-state index < -0.39 is 5.92 Å². The highest BCUT2D eigenvalue weighted by molar-refractivity contribution is 9.10. The average Bonchev–Trinajstić information content (AvgIpc) is 2.89. The first-order valence-corrected chi connectivity index (χ1v) is 15.3. The number of halogens is 2. The number of Topliss-reactive ketones (excluding diaryl/α,β-unsaturated/α-hetero) is 1. The molecule has 1 heterocycles. The van der Waals surface area contributed by atoms with Crippen LogP contribution >= 0.6 is 39.3 Å². The predicted octanol–water partition coefficient (Wildman–Crippen LogP) is 8.95. The summed E-state index contributed by atoms with van der Waals surface area (Å²) in [5.74, 6) is 0.719. The summed E-state index contributed by atoms with van der Waals surface area (Å²) in [4.78, 5) is 17.0. The summed E-state index contributed by atoms with van der Waals surface area (Å²) in [6, 6.07) is 22.4. The molecule has 0 saturated carbocycles. The van der Waals surface area contributed by atoms with Gasteiger partial charge in [0.05, 0.1) is 17.6 Å². The Balaban J connectivity index is 1.66. The molecule has 0 saturated heterocycles. The van der Waals surface area contributed by atoms with Gasteiger partial charge in [0.15, 0.2) is 5.78 Å². The van der Waals surface area contributed by atoms with Crippen molar-refractivity contribution in [2.45, 2.75) is 57.1 Å². The van der Waals surface area contributed by atoms with E-state index in [1.54, 1.807) is 11.8 Å². The van der Waals surface area contributed by atoms with Crippen molar-refractivity contribution in [3.8, 4) is 6.07 Å². The quantitative estimate of drug-likeness (QED) is 0.284. The lowest BCUT2D eigenvalue weighted by Gasteiger charge is -2.44. The fourth-order valence-corrected chi connectivity index (χ4v) is 7.15. The van der Waals surface area contributed by atoms with E-state index >= 15 is 0 Å². The molecule has 1 unspecified atom stereocenters. The van der Waals surface area contributed by atoms with Crippen molar-refractivity contribution < 1.29 is 4.79 Å². The van der Waals surface area contributed by atoms with Gasteiger partial charge in [0.1, 0.15) is 5.82 Å². The molecular weight excluding hydrogens is 602 g/mol. The molecule has 0 bridgehead atoms. The minimum absolute atomic E-state index is 0.0802. The third-order valence-corrected chi connectivity index (χ3v) is 9.53. The van der Waals surface area contributed by atoms with Crippen molar-refractivity contribution in [1.82, 2.24) is 0 Å². The number of aryl methyl sites for hydroxylation is 1. The van der Waals surface area contributed by atoms with Gasteiger partial charge < -0.3 is 5.73 Å². The zero-order valence-electron chi connectivity index (χ0n) is 23.0. The number of benzene rings is 3. The first kappa shape index (κ1) is 28.5. The van der Waals surface area contributed by atoms with Crippen LogP contribution in [0.4, 0.5) is 5.69 Å². The number of hydrogen-bond donors (Lipinski definition) is 1. The summed E-state index contributed by atoms with van der Waals surface area (Å²) < 4.78 is 0.947. The molecule has 5 rings (SSSR count). The monoisotopic (exact) mass is 631 g/mol. The molecule has 0 amide bonds. The fraction of sp³-hybridized carbons (Fsp3) is 0.273. The molecular formula is C33H31BrClN3OS. The molecule has 7 heteroatoms. The lowest BCUT2D eigenvalue weighted by molar-refractivity contribution is -0.118. The van der Waals surface area contributed by atoms with Gasteiger partial charge in [0.25, 0.3) is 0 Å². The number of rotatable bonds is 5. The Hall–Kier alpha value is -2.98. The van der Waals surface area contributed by atoms with Crippen LogP contribution in [0.15, 0.2) is 92.7 Å². The fourth-order valence-electron chi connectivity index (χ4n) is 5.81. The normalized spacial score (nSPS) is 18.6. The summed E-state index contributed by atoms with van der Waals surface area (Å²) in [5, 5.41) is 11.2. The van der Waals surface area contributed by atoms with Crippen LogP contribution in [0.3, 0.4) is 0 Å². The number of allylic oxidation sites excluding steroid dienone is 3. The second-order valence-corrected chi connectivity index (χ2v) is 13.7. The van der Waals surface area contributed by atoms with Crippen molar-refractivity contribution in [2.24, 2.45) is 11.1 Å². The number of nitrogens with two attached hydrogens (primary N) is 1. The highest BCUT2D eigenvalue weighted by Crippen LogP contribution is 2.51. The summed E-state index contributed by atoms with van der Waals surface area (Å²) in [7, 11) is 0. The molecule has 0 spiro atoms. The molecule has 2 aliphatic rings. The van der Waals surface area contributed by atoms with Crippen LogP contribution < -0.4 is 10.6 Å². The molecule has 3 aromatic rings. The van der Waals surface area contributed by atoms with Crippen molar-refractivity contribution in [3.63, 3.8) is 0 Å². The average molecular weight is 633 g/mol. The number of thioether (sulfide) groups is 1. The van der Waals surface area contributed by atoms with Gasteiger partial charge >= 0.3 is 0 Å². The molecule has 1 aliphatic carbocycles. The van der Waals surface area contributed by atoms with E-state index in [9.17, 15) is 10.1 Å². The molecule has 2 N–H and O–H groups in total. The van der Waals surface area contributed by atoms with Crippen LogP contribution in [-0.2, 0) is 10.5 Å². The van der Waals surface area contributed by atoms with Crippen LogP contribution in [0.25, 0.3) is 0 Å². The zero-order valence-corrected chi connectivity index (χ0v) is 26.2. The maximum absolute atomic E-state index is 14.0. The van der Waals surface area contributed by atoms with Gasteiger partial charge in [-0.25, -0.2) is 0 Å². The van der Waals surface area contributed by atoms with Gasteiger partial charge in [-0.3, -0.25) is 9.69 Å². The standard InChI is InChI=1S/C33H31BrClN3OS/c1-19-13-21(18-40-25-11-7-23(35)8-12-25)20(2)26(14-19)30-27(17-36)32(37)38(24-9-5-22(34)6-10-24)28-15-33(3,4)16-29(39)31(28)30/h5-14,30H,15-16,18,37H2,1-4H3. The van der Waals surface area contributed by atoms with Crippen LogP contribution in [-0.4, -0.2) is 5.78 Å². The number of carbonyl (C=O) groups excluding carboxylic acids is 1. The highest BCUT2D eigenvalue weighted by atomic mass is 79.9. The van der Waals surface area contributed by atoms with Crippen LogP contribution in [0.1, 0.15) is 54.9 Å². The molecule has 4 nitrogen and oxygen atoms in total. The lowest BCUT2D eigenvalue weighted by atomic mass is 9.68. The smallest absolute Gasteiger partial charge is 0.162 e. The van der Waals surface area contributed by atoms with Gasteiger partial charge in [-0.1, -0.05) is 59.1 Å². The Morgan fingerprint density at radius 1 is 1.10 bits per heavy atom. The molecule has 0 aromatic heterocycles. The summed E-state index contributed by atoms with van der Waals surface area (Å²) in [6.45, 7) is 8.40. The van der Waals surface area contributed by atoms with E-state index in [4.69, 9.17) is 17.3 Å². The maximum atomic E-state index is 14.0. The Morgan fingerprint density at radius 3 is 2.42 bits per heavy atom. The predicted molar refractivity (Wildman–Crippen MR) is 168 cm³/mol. The van der Waals surface area contributed by atoms with Gasteiger partial charge in [-0.2, -0.15) is 5.26 Å². The molecule has 0 fully saturated rings. The molecule has 0 radical (unpaired) electrons. The second-order valence-electron chi connectivity index (χ2n) is 11.3. The topological polar surface area (TPSA) is 70.1 Å². The van der Waals surface area contributed by atoms with E-state index in [2.05, 4.69) is 61.8 Å². The van der Waals surface area contributed by atoms with E-state index in [1.165, 1.54) is 5.56 Å². The van der Waals surface area contributed by atoms with Crippen molar-refractivity contribution in [2.75, 3.05) is 4.90 Å². The largest absolute Gasteiger partial charge is 0.384 e. The number of carbonyl (C=O) groups is 1. The van der Waals surface area contributed by atoms with Crippen LogP contribution in [0.5, 0.6) is 0 Å². The Bertz CT molecular complexity index is 1600. The van der Waals surface area contributed by atoms with E-state index in [0.717, 1.165) is 43.2 Å². The molecule has 40 heavy (non-hydrogen) atoms. The summed E-state index contributed by atoms with van der Waals surface area (Å²) in [6.07, 6.45) is 1.11. The van der Waals surface area contributed by atoms with Crippen molar-refractivity contribution >= 4 is 50.8 Å². The third-order valence-electron chi connectivity index (χ3n) is 7.68.